The summed E-state index contributed by atoms with van der Waals surface area (Å²) in [5.41, 5.74) is 1.93. The summed E-state index contributed by atoms with van der Waals surface area (Å²) in [5.74, 6) is 0.115. The van der Waals surface area contributed by atoms with Crippen molar-refractivity contribution >= 4 is 23.2 Å². The predicted molar refractivity (Wildman–Crippen MR) is 70.6 cm³/mol. The van der Waals surface area contributed by atoms with Crippen LogP contribution >= 0.6 is 11.6 Å². The highest BCUT2D eigenvalue weighted by molar-refractivity contribution is 6.31. The second-order valence-electron chi connectivity index (χ2n) is 4.36. The monoisotopic (exact) mass is 252 g/mol. The lowest BCUT2D eigenvalue weighted by atomic mass is 10.2. The largest absolute Gasteiger partial charge is 0.311 e. The van der Waals surface area contributed by atoms with Crippen LogP contribution in [0.4, 0.5) is 5.69 Å². The number of hydrogen-bond donors (Lipinski definition) is 1. The van der Waals surface area contributed by atoms with E-state index in [0.29, 0.717) is 11.6 Å². The molecular weight excluding hydrogens is 236 g/mol. The number of carbonyl (C=O) groups is 1. The third-order valence-electron chi connectivity index (χ3n) is 3.03. The number of rotatable bonds is 1. The normalized spacial score (nSPS) is 17.8. The Labute approximate surface area is 107 Å². The Bertz CT molecular complexity index is 420. The molecule has 17 heavy (non-hydrogen) atoms. The van der Waals surface area contributed by atoms with Gasteiger partial charge in [-0.2, -0.15) is 0 Å². The molecule has 1 fully saturated rings. The standard InChI is InChI=1S/C13H17ClN2O/c1-10-4-5-11(8-12(10)14)16-7-3-2-6-15-9-13(16)17/h4-5,8,15H,2-3,6-7,9H2,1H3. The minimum atomic E-state index is 0.115. The summed E-state index contributed by atoms with van der Waals surface area (Å²) in [6.07, 6.45) is 2.12. The fourth-order valence-electron chi connectivity index (χ4n) is 1.96. The second kappa shape index (κ2) is 5.52. The van der Waals surface area contributed by atoms with Crippen LogP contribution < -0.4 is 10.2 Å². The van der Waals surface area contributed by atoms with E-state index in [0.717, 1.165) is 37.2 Å². The van der Waals surface area contributed by atoms with E-state index < -0.39 is 0 Å². The smallest absolute Gasteiger partial charge is 0.240 e. The Kier molecular flexibility index (Phi) is 4.02. The van der Waals surface area contributed by atoms with Gasteiger partial charge < -0.3 is 10.2 Å². The lowest BCUT2D eigenvalue weighted by Crippen LogP contribution is -2.41. The van der Waals surface area contributed by atoms with Crippen LogP contribution in [0.5, 0.6) is 0 Å². The van der Waals surface area contributed by atoms with Crippen molar-refractivity contribution in [1.82, 2.24) is 5.32 Å². The van der Waals surface area contributed by atoms with Gasteiger partial charge in [0.2, 0.25) is 5.91 Å². The molecule has 0 atom stereocenters. The SMILES string of the molecule is Cc1ccc(N2CCCCNCC2=O)cc1Cl. The molecule has 0 spiro atoms. The minimum Gasteiger partial charge on any atom is -0.311 e. The first-order valence-electron chi connectivity index (χ1n) is 5.96. The summed E-state index contributed by atoms with van der Waals surface area (Å²) in [5, 5.41) is 3.85. The number of benzene rings is 1. The number of anilines is 1. The molecule has 1 aliphatic heterocycles. The van der Waals surface area contributed by atoms with E-state index in [2.05, 4.69) is 5.32 Å². The lowest BCUT2D eigenvalue weighted by Gasteiger charge is -2.25. The van der Waals surface area contributed by atoms with Crippen molar-refractivity contribution < 1.29 is 4.79 Å². The zero-order valence-electron chi connectivity index (χ0n) is 10.0. The van der Waals surface area contributed by atoms with Crippen LogP contribution in [0.2, 0.25) is 5.02 Å². The average molecular weight is 253 g/mol. The van der Waals surface area contributed by atoms with E-state index in [1.54, 1.807) is 0 Å². The second-order valence-corrected chi connectivity index (χ2v) is 4.77. The van der Waals surface area contributed by atoms with Gasteiger partial charge in [-0.3, -0.25) is 4.79 Å². The van der Waals surface area contributed by atoms with E-state index in [9.17, 15) is 4.79 Å². The molecule has 3 nitrogen and oxygen atoms in total. The predicted octanol–water partition coefficient (Wildman–Crippen LogP) is 2.36. The molecular formula is C13H17ClN2O. The van der Waals surface area contributed by atoms with Crippen LogP contribution in [-0.2, 0) is 4.79 Å². The van der Waals surface area contributed by atoms with Crippen molar-refractivity contribution in [3.8, 4) is 0 Å². The molecule has 1 amide bonds. The molecule has 0 saturated carbocycles. The van der Waals surface area contributed by atoms with Crippen molar-refractivity contribution in [3.05, 3.63) is 28.8 Å². The summed E-state index contributed by atoms with van der Waals surface area (Å²) in [7, 11) is 0. The van der Waals surface area contributed by atoms with Crippen LogP contribution in [-0.4, -0.2) is 25.5 Å². The van der Waals surface area contributed by atoms with E-state index in [-0.39, 0.29) is 5.91 Å². The zero-order valence-corrected chi connectivity index (χ0v) is 10.8. The molecule has 92 valence electrons. The van der Waals surface area contributed by atoms with Crippen molar-refractivity contribution in [1.29, 1.82) is 0 Å². The highest BCUT2D eigenvalue weighted by Crippen LogP contribution is 2.23. The van der Waals surface area contributed by atoms with Gasteiger partial charge in [-0.1, -0.05) is 17.7 Å². The van der Waals surface area contributed by atoms with Gasteiger partial charge in [-0.15, -0.1) is 0 Å². The van der Waals surface area contributed by atoms with Gasteiger partial charge in [0, 0.05) is 17.3 Å². The fraction of sp³-hybridized carbons (Fsp3) is 0.462. The molecule has 1 aromatic rings. The number of aryl methyl sites for hydroxylation is 1. The Morgan fingerprint density at radius 3 is 2.94 bits per heavy atom. The van der Waals surface area contributed by atoms with E-state index >= 15 is 0 Å². The summed E-state index contributed by atoms with van der Waals surface area (Å²) >= 11 is 6.10. The first-order chi connectivity index (χ1) is 8.18. The Morgan fingerprint density at radius 1 is 1.35 bits per heavy atom. The van der Waals surface area contributed by atoms with Crippen LogP contribution in [0.3, 0.4) is 0 Å². The van der Waals surface area contributed by atoms with Gasteiger partial charge in [-0.05, 0) is 44.0 Å². The third kappa shape index (κ3) is 2.99. The number of nitrogens with zero attached hydrogens (tertiary/aromatic N) is 1. The zero-order chi connectivity index (χ0) is 12.3. The molecule has 1 N–H and O–H groups in total. The van der Waals surface area contributed by atoms with Crippen molar-refractivity contribution in [2.45, 2.75) is 19.8 Å². The summed E-state index contributed by atoms with van der Waals surface area (Å²) < 4.78 is 0. The molecule has 2 rings (SSSR count). The van der Waals surface area contributed by atoms with E-state index in [1.165, 1.54) is 0 Å². The lowest BCUT2D eigenvalue weighted by molar-refractivity contribution is -0.118. The molecule has 0 aromatic heterocycles. The Morgan fingerprint density at radius 2 is 2.18 bits per heavy atom. The maximum absolute atomic E-state index is 12.0. The van der Waals surface area contributed by atoms with Crippen LogP contribution in [0.15, 0.2) is 18.2 Å². The molecule has 1 heterocycles. The van der Waals surface area contributed by atoms with Crippen molar-refractivity contribution in [2.24, 2.45) is 0 Å². The van der Waals surface area contributed by atoms with Crippen LogP contribution in [0.1, 0.15) is 18.4 Å². The van der Waals surface area contributed by atoms with Gasteiger partial charge in [0.15, 0.2) is 0 Å². The molecule has 1 aromatic carbocycles. The maximum Gasteiger partial charge on any atom is 0.240 e. The van der Waals surface area contributed by atoms with Crippen molar-refractivity contribution in [2.75, 3.05) is 24.5 Å². The molecule has 0 bridgehead atoms. The minimum absolute atomic E-state index is 0.115. The van der Waals surface area contributed by atoms with Crippen LogP contribution in [0.25, 0.3) is 0 Å². The quantitative estimate of drug-likeness (QED) is 0.832. The summed E-state index contributed by atoms with van der Waals surface area (Å²) in [6, 6.07) is 5.79. The van der Waals surface area contributed by atoms with Crippen LogP contribution in [0, 0.1) is 6.92 Å². The van der Waals surface area contributed by atoms with Gasteiger partial charge in [0.1, 0.15) is 0 Å². The van der Waals surface area contributed by atoms with Gasteiger partial charge in [0.25, 0.3) is 0 Å². The first-order valence-corrected chi connectivity index (χ1v) is 6.33. The fourth-order valence-corrected chi connectivity index (χ4v) is 2.13. The molecule has 0 unspecified atom stereocenters. The molecule has 0 radical (unpaired) electrons. The van der Waals surface area contributed by atoms with Crippen molar-refractivity contribution in [3.63, 3.8) is 0 Å². The first kappa shape index (κ1) is 12.4. The highest BCUT2D eigenvalue weighted by Gasteiger charge is 2.17. The summed E-state index contributed by atoms with van der Waals surface area (Å²) in [6.45, 7) is 4.07. The highest BCUT2D eigenvalue weighted by atomic mass is 35.5. The number of halogens is 1. The number of nitrogens with one attached hydrogen (secondary N) is 1. The average Bonchev–Trinajstić information content (AvgIpc) is 2.28. The van der Waals surface area contributed by atoms with Gasteiger partial charge in [0.05, 0.1) is 6.54 Å². The topological polar surface area (TPSA) is 32.3 Å². The number of carbonyl (C=O) groups excluding carboxylic acids is 1. The molecule has 4 heteroatoms. The number of hydrogen-bond acceptors (Lipinski definition) is 2. The molecule has 1 saturated heterocycles. The third-order valence-corrected chi connectivity index (χ3v) is 3.44. The Balaban J connectivity index is 2.22. The van der Waals surface area contributed by atoms with Gasteiger partial charge >= 0.3 is 0 Å². The number of amides is 1. The van der Waals surface area contributed by atoms with Gasteiger partial charge in [-0.25, -0.2) is 0 Å². The Hall–Kier alpha value is -1.06. The maximum atomic E-state index is 12.0. The molecule has 0 aliphatic carbocycles. The van der Waals surface area contributed by atoms with E-state index in [4.69, 9.17) is 11.6 Å². The summed E-state index contributed by atoms with van der Waals surface area (Å²) in [4.78, 5) is 13.8. The van der Waals surface area contributed by atoms with E-state index in [1.807, 2.05) is 30.0 Å². The molecule has 1 aliphatic rings.